The fraction of sp³-hybridized carbons (Fsp3) is 0.588. The Bertz CT molecular complexity index is 750. The number of aliphatic hydroxyl groups is 1. The molecule has 0 aliphatic carbocycles. The van der Waals surface area contributed by atoms with Crippen molar-refractivity contribution in [1.82, 2.24) is 15.2 Å². The monoisotopic (exact) mass is 388 g/mol. The van der Waals surface area contributed by atoms with Gasteiger partial charge in [-0.1, -0.05) is 33.1 Å². The van der Waals surface area contributed by atoms with E-state index in [0.717, 1.165) is 25.3 Å². The highest BCUT2D eigenvalue weighted by Gasteiger charge is 2.37. The molecule has 0 amide bonds. The van der Waals surface area contributed by atoms with Crippen molar-refractivity contribution in [2.75, 3.05) is 12.3 Å². The van der Waals surface area contributed by atoms with E-state index >= 15 is 0 Å². The molecule has 1 atom stereocenters. The molecule has 0 saturated heterocycles. The molecule has 7 nitrogen and oxygen atoms in total. The molecule has 0 spiro atoms. The Balaban J connectivity index is 0.00000126. The first-order valence-corrected chi connectivity index (χ1v) is 8.88. The summed E-state index contributed by atoms with van der Waals surface area (Å²) in [5.74, 6) is -0.758. The molecule has 150 valence electrons. The van der Waals surface area contributed by atoms with E-state index in [1.807, 2.05) is 13.8 Å². The second-order valence-corrected chi connectivity index (χ2v) is 5.79. The smallest absolute Gasteiger partial charge is 0.421 e. The molecule has 1 aliphatic heterocycles. The van der Waals surface area contributed by atoms with Crippen LogP contribution >= 0.6 is 0 Å². The molecule has 27 heavy (non-hydrogen) atoms. The summed E-state index contributed by atoms with van der Waals surface area (Å²) in [5, 5.41) is 17.5. The number of hydrogen-bond donors (Lipinski definition) is 2. The second-order valence-electron chi connectivity index (χ2n) is 5.79. The zero-order valence-corrected chi connectivity index (χ0v) is 15.2. The number of anilines is 1. The Morgan fingerprint density at radius 3 is 2.56 bits per heavy atom. The first-order chi connectivity index (χ1) is 12.9. The van der Waals surface area contributed by atoms with Crippen LogP contribution in [0.2, 0.25) is 0 Å². The highest BCUT2D eigenvalue weighted by Crippen LogP contribution is 2.39. The Morgan fingerprint density at radius 1 is 1.15 bits per heavy atom. The van der Waals surface area contributed by atoms with Crippen LogP contribution in [0.5, 0.6) is 5.88 Å². The van der Waals surface area contributed by atoms with Crippen molar-refractivity contribution in [1.29, 1.82) is 0 Å². The van der Waals surface area contributed by atoms with Crippen LogP contribution in [-0.2, 0) is 6.18 Å². The Morgan fingerprint density at radius 2 is 1.85 bits per heavy atom. The first-order valence-electron chi connectivity index (χ1n) is 8.88. The first kappa shape index (κ1) is 20.9. The molecular weight excluding hydrogens is 365 g/mol. The van der Waals surface area contributed by atoms with Gasteiger partial charge in [0.1, 0.15) is 11.7 Å². The highest BCUT2D eigenvalue weighted by molar-refractivity contribution is 5.68. The summed E-state index contributed by atoms with van der Waals surface area (Å²) in [7, 11) is 0. The van der Waals surface area contributed by atoms with Gasteiger partial charge in [-0.05, 0) is 18.9 Å². The molecule has 10 heteroatoms. The van der Waals surface area contributed by atoms with Crippen molar-refractivity contribution in [3.05, 3.63) is 17.5 Å². The van der Waals surface area contributed by atoms with E-state index < -0.39 is 23.7 Å². The Kier molecular flexibility index (Phi) is 7.00. The van der Waals surface area contributed by atoms with Crippen LogP contribution < -0.4 is 10.5 Å². The predicted molar refractivity (Wildman–Crippen MR) is 91.8 cm³/mol. The number of nitrogens with zero attached hydrogens (tertiary/aromatic N) is 3. The lowest BCUT2D eigenvalue weighted by Gasteiger charge is -2.15. The van der Waals surface area contributed by atoms with Gasteiger partial charge in [0.05, 0.1) is 12.3 Å². The summed E-state index contributed by atoms with van der Waals surface area (Å²) in [5.41, 5.74) is 4.27. The molecule has 1 unspecified atom stereocenters. The number of hydrogen-bond acceptors (Lipinski definition) is 7. The molecule has 4 bridgehead atoms. The van der Waals surface area contributed by atoms with Crippen molar-refractivity contribution in [3.8, 4) is 17.5 Å². The summed E-state index contributed by atoms with van der Waals surface area (Å²) in [4.78, 5) is 3.85. The average molecular weight is 388 g/mol. The summed E-state index contributed by atoms with van der Waals surface area (Å²) >= 11 is 0. The standard InChI is InChI=1S/C15H17F3N4O3.C2H6/c16-15(17,18)8-7-9(19)11-14-22-21-13(25-14)10(23)5-3-1-2-4-6-24-12(8)20-11;1-2/h7,10,23H,1-6,19H2;1-2H3. The average Bonchev–Trinajstić information content (AvgIpc) is 3.11. The summed E-state index contributed by atoms with van der Waals surface area (Å²) in [6.07, 6.45) is -2.29. The number of alkyl halides is 3. The number of aliphatic hydroxyl groups excluding tert-OH is 1. The number of nitrogens with two attached hydrogens (primary N) is 1. The van der Waals surface area contributed by atoms with Crippen LogP contribution in [0, 0.1) is 0 Å². The van der Waals surface area contributed by atoms with E-state index in [2.05, 4.69) is 15.2 Å². The lowest BCUT2D eigenvalue weighted by atomic mass is 10.1. The third-order valence-corrected chi connectivity index (χ3v) is 3.86. The molecule has 0 fully saturated rings. The highest BCUT2D eigenvalue weighted by atomic mass is 19.4. The molecule has 3 N–H and O–H groups in total. The van der Waals surface area contributed by atoms with Gasteiger partial charge >= 0.3 is 6.18 Å². The number of rotatable bonds is 0. The van der Waals surface area contributed by atoms with Gasteiger partial charge in [0.15, 0.2) is 5.69 Å². The van der Waals surface area contributed by atoms with Crippen molar-refractivity contribution in [2.45, 2.75) is 58.2 Å². The van der Waals surface area contributed by atoms with Crippen molar-refractivity contribution < 1.29 is 27.4 Å². The number of nitrogen functional groups attached to an aromatic ring is 1. The summed E-state index contributed by atoms with van der Waals surface area (Å²) < 4.78 is 50.2. The maximum Gasteiger partial charge on any atom is 0.421 e. The molecule has 0 saturated carbocycles. The van der Waals surface area contributed by atoms with Gasteiger partial charge in [0.2, 0.25) is 11.8 Å². The van der Waals surface area contributed by atoms with E-state index in [9.17, 15) is 18.3 Å². The number of halogens is 3. The fourth-order valence-electron chi connectivity index (χ4n) is 2.55. The summed E-state index contributed by atoms with van der Waals surface area (Å²) in [6, 6.07) is 0.740. The molecular formula is C17H23F3N4O3. The third kappa shape index (κ3) is 5.09. The van der Waals surface area contributed by atoms with Crippen LogP contribution in [0.3, 0.4) is 0 Å². The van der Waals surface area contributed by atoms with Gasteiger partial charge in [-0.15, -0.1) is 10.2 Å². The largest absolute Gasteiger partial charge is 0.477 e. The molecule has 2 aromatic heterocycles. The van der Waals surface area contributed by atoms with Crippen molar-refractivity contribution in [2.24, 2.45) is 0 Å². The maximum atomic E-state index is 13.2. The molecule has 3 heterocycles. The minimum absolute atomic E-state index is 0.0179. The fourth-order valence-corrected chi connectivity index (χ4v) is 2.55. The molecule has 3 rings (SSSR count). The zero-order chi connectivity index (χ0) is 20.0. The van der Waals surface area contributed by atoms with Crippen molar-refractivity contribution >= 4 is 5.69 Å². The Labute approximate surface area is 154 Å². The van der Waals surface area contributed by atoms with Crippen LogP contribution in [-0.4, -0.2) is 26.9 Å². The van der Waals surface area contributed by atoms with E-state index in [4.69, 9.17) is 14.9 Å². The predicted octanol–water partition coefficient (Wildman–Crippen LogP) is 4.14. The van der Waals surface area contributed by atoms with Crippen LogP contribution in [0.25, 0.3) is 11.6 Å². The molecule has 2 aromatic rings. The number of aromatic nitrogens is 3. The minimum atomic E-state index is -4.66. The third-order valence-electron chi connectivity index (χ3n) is 3.86. The zero-order valence-electron chi connectivity index (χ0n) is 15.2. The van der Waals surface area contributed by atoms with Gasteiger partial charge in [-0.2, -0.15) is 13.2 Å². The van der Waals surface area contributed by atoms with E-state index in [1.165, 1.54) is 0 Å². The molecule has 1 aliphatic rings. The van der Waals surface area contributed by atoms with Gasteiger partial charge in [-0.25, -0.2) is 4.98 Å². The van der Waals surface area contributed by atoms with Crippen LogP contribution in [0.4, 0.5) is 18.9 Å². The SMILES string of the molecule is CC.Nc1cc(C(F)(F)F)c2nc1-c1nnc(o1)C(O)CCCCCCO2. The molecule has 0 aromatic carbocycles. The lowest BCUT2D eigenvalue weighted by molar-refractivity contribution is -0.139. The van der Waals surface area contributed by atoms with E-state index in [-0.39, 0.29) is 29.8 Å². The number of pyridine rings is 1. The van der Waals surface area contributed by atoms with Gasteiger partial charge in [0.25, 0.3) is 5.89 Å². The minimum Gasteiger partial charge on any atom is -0.477 e. The van der Waals surface area contributed by atoms with E-state index in [1.54, 1.807) is 0 Å². The molecule has 0 radical (unpaired) electrons. The van der Waals surface area contributed by atoms with Gasteiger partial charge in [-0.3, -0.25) is 0 Å². The Hall–Kier alpha value is -2.36. The maximum absolute atomic E-state index is 13.2. The quantitative estimate of drug-likeness (QED) is 0.698. The topological polar surface area (TPSA) is 107 Å². The van der Waals surface area contributed by atoms with Gasteiger partial charge < -0.3 is 20.0 Å². The second kappa shape index (κ2) is 9.03. The number of ether oxygens (including phenoxy) is 1. The van der Waals surface area contributed by atoms with E-state index in [0.29, 0.717) is 12.8 Å². The summed E-state index contributed by atoms with van der Waals surface area (Å²) in [6.45, 7) is 4.09. The lowest BCUT2D eigenvalue weighted by Crippen LogP contribution is -2.13. The van der Waals surface area contributed by atoms with Crippen LogP contribution in [0.15, 0.2) is 10.5 Å². The normalized spacial score (nSPS) is 17.9. The van der Waals surface area contributed by atoms with Crippen molar-refractivity contribution in [3.63, 3.8) is 0 Å². The van der Waals surface area contributed by atoms with Gasteiger partial charge in [0, 0.05) is 0 Å². The number of fused-ring (bicyclic) bond motifs is 5. The van der Waals surface area contributed by atoms with Crippen LogP contribution in [0.1, 0.15) is 63.5 Å².